The fourth-order valence-electron chi connectivity index (χ4n) is 3.82. The lowest BCUT2D eigenvalue weighted by molar-refractivity contribution is -0.144. The summed E-state index contributed by atoms with van der Waals surface area (Å²) < 4.78 is 16.1. The van der Waals surface area contributed by atoms with E-state index < -0.39 is 24.1 Å². The molecule has 2 aromatic rings. The van der Waals surface area contributed by atoms with Crippen LogP contribution in [0.4, 0.5) is 5.69 Å². The molecule has 2 amide bonds. The molecule has 0 saturated carbocycles. The summed E-state index contributed by atoms with van der Waals surface area (Å²) in [6.45, 7) is 0. The quantitative estimate of drug-likeness (QED) is 0.732. The minimum absolute atomic E-state index is 0.164. The van der Waals surface area contributed by atoms with E-state index in [0.29, 0.717) is 28.4 Å². The number of likely N-dealkylation sites (tertiary alicyclic amines) is 1. The smallest absolute Gasteiger partial charge is 0.344 e. The van der Waals surface area contributed by atoms with Gasteiger partial charge in [-0.05, 0) is 30.7 Å². The number of methoxy groups -OCH3 is 2. The topological polar surface area (TPSA) is 94.2 Å². The van der Waals surface area contributed by atoms with Crippen LogP contribution < -0.4 is 14.8 Å². The van der Waals surface area contributed by atoms with E-state index >= 15 is 0 Å². The van der Waals surface area contributed by atoms with Gasteiger partial charge in [0.25, 0.3) is 0 Å². The first kappa shape index (κ1) is 20.0. The summed E-state index contributed by atoms with van der Waals surface area (Å²) in [5.74, 6) is -0.731. The minimum Gasteiger partial charge on any atom is -0.493 e. The molecule has 0 spiro atoms. The van der Waals surface area contributed by atoms with E-state index in [1.165, 1.54) is 19.1 Å². The predicted molar refractivity (Wildman–Crippen MR) is 108 cm³/mol. The second-order valence-electron chi connectivity index (χ2n) is 6.85. The number of hydrogen-bond acceptors (Lipinski definition) is 6. The minimum atomic E-state index is -1.02. The number of fused-ring (bicyclic) bond motifs is 1. The molecule has 0 bridgehead atoms. The fraction of sp³-hybridized carbons (Fsp3) is 0.286. The zero-order valence-corrected chi connectivity index (χ0v) is 17.1. The first-order valence-electron chi connectivity index (χ1n) is 9.28. The van der Waals surface area contributed by atoms with E-state index in [-0.39, 0.29) is 23.6 Å². The first-order valence-corrected chi connectivity index (χ1v) is 9.66. The Morgan fingerprint density at radius 1 is 1.17 bits per heavy atom. The number of ether oxygens (including phenoxy) is 3. The Morgan fingerprint density at radius 3 is 2.63 bits per heavy atom. The fourth-order valence-corrected chi connectivity index (χ4v) is 4.00. The van der Waals surface area contributed by atoms with Crippen LogP contribution in [0.15, 0.2) is 36.4 Å². The lowest BCUT2D eigenvalue weighted by Gasteiger charge is -2.29. The van der Waals surface area contributed by atoms with Crippen LogP contribution in [0.2, 0.25) is 5.02 Å². The van der Waals surface area contributed by atoms with Crippen molar-refractivity contribution in [3.63, 3.8) is 0 Å². The SMILES string of the molecule is COc1ccc2c(c1OC)C(=O)OC2N1C(=O)CCC1C(=O)Nc1ccccc1Cl. The molecular formula is C21H19ClN2O6. The summed E-state index contributed by atoms with van der Waals surface area (Å²) >= 11 is 6.12. The molecule has 2 aliphatic heterocycles. The number of rotatable bonds is 5. The van der Waals surface area contributed by atoms with E-state index in [9.17, 15) is 14.4 Å². The molecule has 9 heteroatoms. The van der Waals surface area contributed by atoms with Crippen molar-refractivity contribution in [3.05, 3.63) is 52.5 Å². The summed E-state index contributed by atoms with van der Waals surface area (Å²) in [6, 6.07) is 9.28. The Labute approximate surface area is 177 Å². The molecule has 0 aromatic heterocycles. The Balaban J connectivity index is 1.67. The molecular weight excluding hydrogens is 412 g/mol. The maximum Gasteiger partial charge on any atom is 0.344 e. The predicted octanol–water partition coefficient (Wildman–Crippen LogP) is 3.16. The number of halogens is 1. The van der Waals surface area contributed by atoms with Crippen LogP contribution in [0.3, 0.4) is 0 Å². The maximum atomic E-state index is 12.9. The Morgan fingerprint density at radius 2 is 1.93 bits per heavy atom. The highest BCUT2D eigenvalue weighted by molar-refractivity contribution is 6.33. The van der Waals surface area contributed by atoms with Crippen LogP contribution in [-0.4, -0.2) is 42.9 Å². The number of benzene rings is 2. The summed E-state index contributed by atoms with van der Waals surface area (Å²) in [7, 11) is 2.88. The number of cyclic esters (lactones) is 1. The molecule has 2 aliphatic rings. The van der Waals surface area contributed by atoms with Crippen LogP contribution in [0, 0.1) is 0 Å². The first-order chi connectivity index (χ1) is 14.5. The lowest BCUT2D eigenvalue weighted by Crippen LogP contribution is -2.43. The van der Waals surface area contributed by atoms with E-state index in [1.54, 1.807) is 36.4 Å². The second-order valence-corrected chi connectivity index (χ2v) is 7.25. The lowest BCUT2D eigenvalue weighted by atomic mass is 10.1. The molecule has 0 aliphatic carbocycles. The van der Waals surface area contributed by atoms with Gasteiger partial charge in [0.05, 0.1) is 24.9 Å². The molecule has 4 rings (SSSR count). The largest absolute Gasteiger partial charge is 0.493 e. The van der Waals surface area contributed by atoms with Gasteiger partial charge in [0.2, 0.25) is 18.0 Å². The average Bonchev–Trinajstić information content (AvgIpc) is 3.28. The van der Waals surface area contributed by atoms with Crippen molar-refractivity contribution < 1.29 is 28.6 Å². The molecule has 2 unspecified atom stereocenters. The van der Waals surface area contributed by atoms with Gasteiger partial charge in [0, 0.05) is 12.0 Å². The number of amides is 2. The summed E-state index contributed by atoms with van der Waals surface area (Å²) in [5.41, 5.74) is 1.08. The monoisotopic (exact) mass is 430 g/mol. The van der Waals surface area contributed by atoms with Gasteiger partial charge in [-0.15, -0.1) is 0 Å². The molecule has 8 nitrogen and oxygen atoms in total. The van der Waals surface area contributed by atoms with E-state index in [4.69, 9.17) is 25.8 Å². The van der Waals surface area contributed by atoms with Crippen molar-refractivity contribution in [1.29, 1.82) is 0 Å². The van der Waals surface area contributed by atoms with Crippen molar-refractivity contribution in [1.82, 2.24) is 4.90 Å². The molecule has 0 radical (unpaired) electrons. The van der Waals surface area contributed by atoms with Crippen LogP contribution in [-0.2, 0) is 14.3 Å². The van der Waals surface area contributed by atoms with Crippen molar-refractivity contribution >= 4 is 35.1 Å². The van der Waals surface area contributed by atoms with Crippen molar-refractivity contribution in [2.75, 3.05) is 19.5 Å². The molecule has 30 heavy (non-hydrogen) atoms. The van der Waals surface area contributed by atoms with Crippen LogP contribution in [0.5, 0.6) is 11.5 Å². The van der Waals surface area contributed by atoms with E-state index in [1.807, 2.05) is 0 Å². The van der Waals surface area contributed by atoms with E-state index in [2.05, 4.69) is 5.32 Å². The molecule has 2 atom stereocenters. The van der Waals surface area contributed by atoms with Crippen molar-refractivity contribution in [2.24, 2.45) is 0 Å². The summed E-state index contributed by atoms with van der Waals surface area (Å²) in [4.78, 5) is 39.5. The zero-order valence-electron chi connectivity index (χ0n) is 16.3. The molecule has 2 aromatic carbocycles. The third-order valence-electron chi connectivity index (χ3n) is 5.21. The van der Waals surface area contributed by atoms with E-state index in [0.717, 1.165) is 0 Å². The summed E-state index contributed by atoms with van der Waals surface area (Å²) in [5, 5.41) is 3.14. The van der Waals surface area contributed by atoms with Crippen LogP contribution >= 0.6 is 11.6 Å². The molecule has 1 saturated heterocycles. The van der Waals surface area contributed by atoms with Gasteiger partial charge in [-0.1, -0.05) is 23.7 Å². The van der Waals surface area contributed by atoms with Gasteiger partial charge in [0.1, 0.15) is 11.6 Å². The van der Waals surface area contributed by atoms with Gasteiger partial charge in [-0.2, -0.15) is 0 Å². The number of carbonyl (C=O) groups excluding carboxylic acids is 3. The molecule has 2 heterocycles. The highest BCUT2D eigenvalue weighted by atomic mass is 35.5. The van der Waals surface area contributed by atoms with Gasteiger partial charge in [-0.3, -0.25) is 14.5 Å². The summed E-state index contributed by atoms with van der Waals surface area (Å²) in [6.07, 6.45) is -0.562. The number of anilines is 1. The number of hydrogen-bond donors (Lipinski definition) is 1. The van der Waals surface area contributed by atoms with Gasteiger partial charge >= 0.3 is 5.97 Å². The zero-order chi connectivity index (χ0) is 21.4. The van der Waals surface area contributed by atoms with Crippen molar-refractivity contribution in [2.45, 2.75) is 25.1 Å². The maximum absolute atomic E-state index is 12.9. The van der Waals surface area contributed by atoms with Gasteiger partial charge in [0.15, 0.2) is 11.5 Å². The third kappa shape index (κ3) is 3.23. The van der Waals surface area contributed by atoms with Crippen molar-refractivity contribution in [3.8, 4) is 11.5 Å². The number of nitrogens with one attached hydrogen (secondary N) is 1. The van der Waals surface area contributed by atoms with Crippen LogP contribution in [0.25, 0.3) is 0 Å². The number of nitrogens with zero attached hydrogens (tertiary/aromatic N) is 1. The molecule has 1 N–H and O–H groups in total. The molecule has 1 fully saturated rings. The third-order valence-corrected chi connectivity index (χ3v) is 5.54. The van der Waals surface area contributed by atoms with Gasteiger partial charge < -0.3 is 19.5 Å². The molecule has 156 valence electrons. The number of esters is 1. The normalized spacial score (nSPS) is 20.0. The average molecular weight is 431 g/mol. The Bertz CT molecular complexity index is 1040. The Hall–Kier alpha value is -3.26. The highest BCUT2D eigenvalue weighted by Crippen LogP contribution is 2.45. The number of carbonyl (C=O) groups is 3. The highest BCUT2D eigenvalue weighted by Gasteiger charge is 2.47. The van der Waals surface area contributed by atoms with Gasteiger partial charge in [-0.25, -0.2) is 4.79 Å². The Kier molecular flexibility index (Phi) is 5.26. The van der Waals surface area contributed by atoms with Crippen LogP contribution in [0.1, 0.15) is 35.0 Å². The standard InChI is InChI=1S/C21H19ClN2O6/c1-28-15-9-7-11-17(18(15)29-2)21(27)30-20(11)24-14(8-10-16(24)25)19(26)23-13-6-4-3-5-12(13)22/h3-7,9,14,20H,8,10H2,1-2H3,(H,23,26). The number of para-hydroxylation sites is 1. The second kappa shape index (κ2) is 7.87.